The van der Waals surface area contributed by atoms with E-state index in [1.165, 1.54) is 116 Å². The van der Waals surface area contributed by atoms with Crippen LogP contribution in [0.1, 0.15) is 168 Å². The molecule has 0 spiro atoms. The third-order valence-corrected chi connectivity index (χ3v) is 6.94. The number of allylic oxidation sites excluding steroid dienone is 8. The number of carbonyl (C=O) groups is 1. The molecule has 0 aliphatic carbocycles. The molecule has 0 unspecified atom stereocenters. The van der Waals surface area contributed by atoms with E-state index in [1.54, 1.807) is 0 Å². The van der Waals surface area contributed by atoms with Crippen molar-refractivity contribution < 1.29 is 9.53 Å². The lowest BCUT2D eigenvalue weighted by molar-refractivity contribution is -0.143. The van der Waals surface area contributed by atoms with Gasteiger partial charge in [0.1, 0.15) is 0 Å². The first-order valence-electron chi connectivity index (χ1n) is 16.6. The maximum absolute atomic E-state index is 11.9. The van der Waals surface area contributed by atoms with Crippen molar-refractivity contribution in [3.63, 3.8) is 0 Å². The van der Waals surface area contributed by atoms with Gasteiger partial charge in [-0.1, -0.05) is 133 Å². The Hall–Kier alpha value is -1.57. The molecule has 0 saturated heterocycles. The number of hydrogen-bond acceptors (Lipinski definition) is 2. The number of ether oxygens (including phenoxy) is 1. The highest BCUT2D eigenvalue weighted by molar-refractivity contribution is 5.69. The minimum absolute atomic E-state index is 0.00160. The molecule has 2 nitrogen and oxygen atoms in total. The van der Waals surface area contributed by atoms with E-state index in [9.17, 15) is 4.79 Å². The molecule has 220 valence electrons. The summed E-state index contributed by atoms with van der Waals surface area (Å²) in [6.45, 7) is 5.11. The van der Waals surface area contributed by atoms with E-state index in [0.29, 0.717) is 13.0 Å². The van der Waals surface area contributed by atoms with Crippen molar-refractivity contribution in [3.8, 4) is 0 Å². The Labute approximate surface area is 238 Å². The zero-order chi connectivity index (χ0) is 27.6. The van der Waals surface area contributed by atoms with E-state index in [4.69, 9.17) is 4.74 Å². The Morgan fingerprint density at radius 2 is 0.816 bits per heavy atom. The predicted octanol–water partition coefficient (Wildman–Crippen LogP) is 12.2. The van der Waals surface area contributed by atoms with Gasteiger partial charge in [-0.15, -0.1) is 0 Å². The molecule has 0 heterocycles. The van der Waals surface area contributed by atoms with E-state index >= 15 is 0 Å². The highest BCUT2D eigenvalue weighted by atomic mass is 16.5. The van der Waals surface area contributed by atoms with E-state index in [0.717, 1.165) is 32.1 Å². The van der Waals surface area contributed by atoms with Crippen LogP contribution in [0.15, 0.2) is 48.6 Å². The van der Waals surface area contributed by atoms with E-state index in [1.807, 2.05) is 0 Å². The van der Waals surface area contributed by atoms with Crippen molar-refractivity contribution >= 4 is 5.97 Å². The van der Waals surface area contributed by atoms with Crippen molar-refractivity contribution in [2.75, 3.05) is 6.61 Å². The molecule has 0 bridgehead atoms. The molecule has 0 atom stereocenters. The lowest BCUT2D eigenvalue weighted by atomic mass is 10.1. The Balaban J connectivity index is 3.29. The molecule has 0 aromatic carbocycles. The average Bonchev–Trinajstić information content (AvgIpc) is 2.92. The third kappa shape index (κ3) is 32.5. The fourth-order valence-electron chi connectivity index (χ4n) is 4.43. The minimum atomic E-state index is -0.00160. The molecule has 0 N–H and O–H groups in total. The summed E-state index contributed by atoms with van der Waals surface area (Å²) in [5, 5.41) is 0. The molecule has 0 fully saturated rings. The Bertz CT molecular complexity index is 584. The van der Waals surface area contributed by atoms with Crippen molar-refractivity contribution in [2.24, 2.45) is 0 Å². The molecular formula is C36H64O2. The minimum Gasteiger partial charge on any atom is -0.466 e. The van der Waals surface area contributed by atoms with Crippen LogP contribution in [0, 0.1) is 0 Å². The lowest BCUT2D eigenvalue weighted by Gasteiger charge is -2.05. The van der Waals surface area contributed by atoms with Gasteiger partial charge >= 0.3 is 5.97 Å². The molecule has 0 rings (SSSR count). The summed E-state index contributed by atoms with van der Waals surface area (Å²) >= 11 is 0. The summed E-state index contributed by atoms with van der Waals surface area (Å²) in [5.41, 5.74) is 0. The molecule has 0 aromatic rings. The number of rotatable bonds is 29. The van der Waals surface area contributed by atoms with Gasteiger partial charge in [-0.25, -0.2) is 0 Å². The van der Waals surface area contributed by atoms with Crippen LogP contribution in [0.5, 0.6) is 0 Å². The molecule has 0 saturated carbocycles. The second kappa shape index (κ2) is 33.5. The first-order valence-corrected chi connectivity index (χ1v) is 16.6. The van der Waals surface area contributed by atoms with Crippen LogP contribution < -0.4 is 0 Å². The van der Waals surface area contributed by atoms with Gasteiger partial charge in [-0.05, 0) is 77.0 Å². The van der Waals surface area contributed by atoms with Gasteiger partial charge in [0.2, 0.25) is 0 Å². The number of unbranched alkanes of at least 4 members (excludes halogenated alkanes) is 17. The van der Waals surface area contributed by atoms with Gasteiger partial charge in [-0.2, -0.15) is 0 Å². The summed E-state index contributed by atoms with van der Waals surface area (Å²) < 4.78 is 5.41. The largest absolute Gasteiger partial charge is 0.466 e. The summed E-state index contributed by atoms with van der Waals surface area (Å²) in [6, 6.07) is 0. The van der Waals surface area contributed by atoms with Crippen LogP contribution in [-0.4, -0.2) is 12.6 Å². The van der Waals surface area contributed by atoms with Gasteiger partial charge in [0.15, 0.2) is 0 Å². The average molecular weight is 529 g/mol. The van der Waals surface area contributed by atoms with Gasteiger partial charge in [0.05, 0.1) is 6.61 Å². The number of carbonyl (C=O) groups excluding carboxylic acids is 1. The highest BCUT2D eigenvalue weighted by Gasteiger charge is 2.02. The van der Waals surface area contributed by atoms with E-state index in [2.05, 4.69) is 62.5 Å². The smallest absolute Gasteiger partial charge is 0.305 e. The topological polar surface area (TPSA) is 26.3 Å². The molecule has 0 aromatic heterocycles. The monoisotopic (exact) mass is 528 g/mol. The normalized spacial score (nSPS) is 12.2. The Kier molecular flexibility index (Phi) is 32.1. The highest BCUT2D eigenvalue weighted by Crippen LogP contribution is 2.11. The van der Waals surface area contributed by atoms with Gasteiger partial charge < -0.3 is 4.74 Å². The summed E-state index contributed by atoms with van der Waals surface area (Å²) in [7, 11) is 0. The molecular weight excluding hydrogens is 464 g/mol. The van der Waals surface area contributed by atoms with Crippen LogP contribution in [0.3, 0.4) is 0 Å². The van der Waals surface area contributed by atoms with Gasteiger partial charge in [0.25, 0.3) is 0 Å². The molecule has 38 heavy (non-hydrogen) atoms. The summed E-state index contributed by atoms with van der Waals surface area (Å²) in [4.78, 5) is 11.9. The van der Waals surface area contributed by atoms with E-state index in [-0.39, 0.29) is 5.97 Å². The molecule has 2 heteroatoms. The quantitative estimate of drug-likeness (QED) is 0.0548. The summed E-state index contributed by atoms with van der Waals surface area (Å²) in [6.07, 6.45) is 47.3. The summed E-state index contributed by atoms with van der Waals surface area (Å²) in [5.74, 6) is -0.00160. The van der Waals surface area contributed by atoms with Crippen molar-refractivity contribution in [3.05, 3.63) is 48.6 Å². The van der Waals surface area contributed by atoms with Crippen LogP contribution in [0.4, 0.5) is 0 Å². The second-order valence-corrected chi connectivity index (χ2v) is 10.8. The number of hydrogen-bond donors (Lipinski definition) is 0. The fraction of sp³-hybridized carbons (Fsp3) is 0.750. The van der Waals surface area contributed by atoms with Gasteiger partial charge in [-0.3, -0.25) is 4.79 Å². The maximum atomic E-state index is 11.9. The lowest BCUT2D eigenvalue weighted by Crippen LogP contribution is -2.05. The molecule has 0 radical (unpaired) electrons. The third-order valence-electron chi connectivity index (χ3n) is 6.94. The Morgan fingerprint density at radius 1 is 0.447 bits per heavy atom. The first-order chi connectivity index (χ1) is 18.8. The SMILES string of the molecule is CCCCC/C=C\C/C=C\CCCCCCCCOC(=O)CCCCCCC/C=C\C/C=C\CCCCC. The molecule has 0 aliphatic heterocycles. The van der Waals surface area contributed by atoms with E-state index < -0.39 is 0 Å². The van der Waals surface area contributed by atoms with Crippen LogP contribution in [0.25, 0.3) is 0 Å². The van der Waals surface area contributed by atoms with Crippen LogP contribution >= 0.6 is 0 Å². The maximum Gasteiger partial charge on any atom is 0.305 e. The second-order valence-electron chi connectivity index (χ2n) is 10.8. The number of esters is 1. The molecule has 0 aliphatic rings. The zero-order valence-electron chi connectivity index (χ0n) is 25.6. The predicted molar refractivity (Wildman–Crippen MR) is 170 cm³/mol. The fourth-order valence-corrected chi connectivity index (χ4v) is 4.43. The van der Waals surface area contributed by atoms with Gasteiger partial charge in [0, 0.05) is 6.42 Å². The Morgan fingerprint density at radius 3 is 1.26 bits per heavy atom. The zero-order valence-corrected chi connectivity index (χ0v) is 25.6. The van der Waals surface area contributed by atoms with Crippen LogP contribution in [-0.2, 0) is 9.53 Å². The molecule has 0 amide bonds. The standard InChI is InChI=1S/C36H64O2/c1-3-5-7-9-11-13-15-17-19-21-23-25-27-29-31-33-35-38-36(37)34-32-30-28-26-24-22-20-18-16-14-12-10-8-6-4-2/h11-14,17-20H,3-10,15-16,21-35H2,1-2H3/b13-11-,14-12-,19-17-,20-18-. The first kappa shape index (κ1) is 36.4. The van der Waals surface area contributed by atoms with Crippen LogP contribution in [0.2, 0.25) is 0 Å². The van der Waals surface area contributed by atoms with Crippen molar-refractivity contribution in [2.45, 2.75) is 168 Å². The van der Waals surface area contributed by atoms with Crippen molar-refractivity contribution in [1.82, 2.24) is 0 Å². The van der Waals surface area contributed by atoms with Crippen molar-refractivity contribution in [1.29, 1.82) is 0 Å².